The number of nitrogens with zero attached hydrogens (tertiary/aromatic N) is 5. The first kappa shape index (κ1) is 13.1. The van der Waals surface area contributed by atoms with Gasteiger partial charge in [-0.15, -0.1) is 4.98 Å². The lowest BCUT2D eigenvalue weighted by Gasteiger charge is -2.02. The van der Waals surface area contributed by atoms with E-state index in [0.29, 0.717) is 5.69 Å². The molecule has 0 aliphatic carbocycles. The molecule has 1 aromatic heterocycles. The van der Waals surface area contributed by atoms with E-state index in [9.17, 15) is 20.2 Å². The molecule has 1 heterocycles. The van der Waals surface area contributed by atoms with Gasteiger partial charge in [0, 0.05) is 17.8 Å². The third-order valence-corrected chi connectivity index (χ3v) is 2.14. The van der Waals surface area contributed by atoms with Crippen LogP contribution in [-0.2, 0) is 0 Å². The molecule has 2 aromatic rings. The first-order chi connectivity index (χ1) is 9.45. The molecule has 0 saturated heterocycles. The van der Waals surface area contributed by atoms with Crippen molar-refractivity contribution < 1.29 is 9.85 Å². The molecule has 2 rings (SSSR count). The maximum atomic E-state index is 10.6. The van der Waals surface area contributed by atoms with Crippen LogP contribution in [-0.4, -0.2) is 24.8 Å². The molecular formula is C9H7N7O4. The van der Waals surface area contributed by atoms with Crippen LogP contribution in [0.4, 0.5) is 29.2 Å². The molecule has 0 spiro atoms. The fourth-order valence-corrected chi connectivity index (χ4v) is 1.31. The summed E-state index contributed by atoms with van der Waals surface area (Å²) in [6.07, 6.45) is 0. The van der Waals surface area contributed by atoms with Crippen molar-refractivity contribution in [3.63, 3.8) is 0 Å². The molecule has 0 radical (unpaired) electrons. The lowest BCUT2D eigenvalue weighted by molar-refractivity contribution is -0.394. The van der Waals surface area contributed by atoms with Gasteiger partial charge in [-0.1, -0.05) is 0 Å². The topological polar surface area (TPSA) is 163 Å². The average Bonchev–Trinajstić information content (AvgIpc) is 2.38. The Bertz CT molecular complexity index is 672. The summed E-state index contributed by atoms with van der Waals surface area (Å²) in [4.78, 5) is 30.3. The van der Waals surface area contributed by atoms with Gasteiger partial charge < -0.3 is 21.2 Å². The Labute approximate surface area is 110 Å². The van der Waals surface area contributed by atoms with Crippen LogP contribution in [0.25, 0.3) is 0 Å². The van der Waals surface area contributed by atoms with Crippen LogP contribution in [0, 0.1) is 20.2 Å². The van der Waals surface area contributed by atoms with Crippen LogP contribution in [0.2, 0.25) is 0 Å². The monoisotopic (exact) mass is 277 g/mol. The smallest absolute Gasteiger partial charge is 0.390 e. The van der Waals surface area contributed by atoms with Crippen LogP contribution in [0.5, 0.6) is 0 Å². The number of hydrogen-bond acceptors (Lipinski definition) is 9. The number of rotatable bonds is 4. The minimum Gasteiger partial charge on any atom is -0.390 e. The molecule has 3 N–H and O–H groups in total. The van der Waals surface area contributed by atoms with Gasteiger partial charge in [0.05, 0.1) is 4.92 Å². The van der Waals surface area contributed by atoms with Gasteiger partial charge in [0.2, 0.25) is 0 Å². The maximum absolute atomic E-state index is 10.6. The van der Waals surface area contributed by atoms with Crippen molar-refractivity contribution in [2.75, 3.05) is 11.1 Å². The normalized spacial score (nSPS) is 10.0. The zero-order valence-electron chi connectivity index (χ0n) is 9.76. The molecule has 0 atom stereocenters. The van der Waals surface area contributed by atoms with E-state index in [1.165, 1.54) is 24.3 Å². The summed E-state index contributed by atoms with van der Waals surface area (Å²) >= 11 is 0. The molecule has 0 aliphatic rings. The lowest BCUT2D eigenvalue weighted by Crippen LogP contribution is -2.06. The van der Waals surface area contributed by atoms with Crippen molar-refractivity contribution in [2.45, 2.75) is 0 Å². The van der Waals surface area contributed by atoms with Gasteiger partial charge >= 0.3 is 17.8 Å². The number of nitrogens with two attached hydrogens (primary N) is 1. The van der Waals surface area contributed by atoms with Crippen LogP contribution >= 0.6 is 0 Å². The highest BCUT2D eigenvalue weighted by molar-refractivity contribution is 5.56. The summed E-state index contributed by atoms with van der Waals surface area (Å²) in [5, 5.41) is 23.7. The third kappa shape index (κ3) is 2.90. The fraction of sp³-hybridized carbons (Fsp3) is 0. The van der Waals surface area contributed by atoms with Crippen LogP contribution in [0.3, 0.4) is 0 Å². The van der Waals surface area contributed by atoms with E-state index in [1.807, 2.05) is 0 Å². The SMILES string of the molecule is Nc1nc(Nc2ccc([N+](=O)[O-])cc2)nc([N+](=O)[O-])n1. The first-order valence-electron chi connectivity index (χ1n) is 5.13. The van der Waals surface area contributed by atoms with E-state index in [0.717, 1.165) is 0 Å². The molecular weight excluding hydrogens is 270 g/mol. The molecule has 1 aromatic carbocycles. The second-order valence-corrected chi connectivity index (χ2v) is 3.50. The number of hydrogen-bond donors (Lipinski definition) is 2. The molecule has 102 valence electrons. The summed E-state index contributed by atoms with van der Waals surface area (Å²) in [6, 6.07) is 5.34. The summed E-state index contributed by atoms with van der Waals surface area (Å²) < 4.78 is 0. The van der Waals surface area contributed by atoms with Gasteiger partial charge in [-0.2, -0.15) is 0 Å². The molecule has 11 heteroatoms. The van der Waals surface area contributed by atoms with Crippen LogP contribution in [0.15, 0.2) is 24.3 Å². The van der Waals surface area contributed by atoms with Gasteiger partial charge in [0.15, 0.2) is 0 Å². The van der Waals surface area contributed by atoms with E-state index in [1.54, 1.807) is 0 Å². The number of anilines is 3. The molecule has 0 amide bonds. The van der Waals surface area contributed by atoms with E-state index < -0.39 is 15.8 Å². The Balaban J connectivity index is 2.25. The Hall–Kier alpha value is -3.37. The summed E-state index contributed by atoms with van der Waals surface area (Å²) in [7, 11) is 0. The van der Waals surface area contributed by atoms with E-state index >= 15 is 0 Å². The molecule has 0 unspecified atom stereocenters. The summed E-state index contributed by atoms with van der Waals surface area (Å²) in [6.45, 7) is 0. The Morgan fingerprint density at radius 1 is 1.00 bits per heavy atom. The van der Waals surface area contributed by atoms with Crippen LogP contribution in [0.1, 0.15) is 0 Å². The number of nitrogen functional groups attached to an aromatic ring is 1. The minimum absolute atomic E-state index is 0.0864. The number of non-ortho nitro benzene ring substituents is 1. The molecule has 0 bridgehead atoms. The molecule has 0 aliphatic heterocycles. The van der Waals surface area contributed by atoms with Crippen molar-refractivity contribution in [3.05, 3.63) is 44.5 Å². The first-order valence-corrected chi connectivity index (χ1v) is 5.13. The van der Waals surface area contributed by atoms with Gasteiger partial charge in [-0.05, 0) is 27.0 Å². The van der Waals surface area contributed by atoms with E-state index in [2.05, 4.69) is 20.3 Å². The fourth-order valence-electron chi connectivity index (χ4n) is 1.31. The second-order valence-electron chi connectivity index (χ2n) is 3.50. The van der Waals surface area contributed by atoms with Crippen molar-refractivity contribution in [1.82, 2.24) is 15.0 Å². The third-order valence-electron chi connectivity index (χ3n) is 2.14. The average molecular weight is 277 g/mol. The molecule has 0 saturated carbocycles. The number of benzene rings is 1. The zero-order valence-corrected chi connectivity index (χ0v) is 9.76. The highest BCUT2D eigenvalue weighted by Gasteiger charge is 2.16. The quantitative estimate of drug-likeness (QED) is 0.612. The highest BCUT2D eigenvalue weighted by Crippen LogP contribution is 2.19. The van der Waals surface area contributed by atoms with Gasteiger partial charge in [0.25, 0.3) is 5.69 Å². The van der Waals surface area contributed by atoms with Gasteiger partial charge in [0.1, 0.15) is 0 Å². The largest absolute Gasteiger partial charge is 0.475 e. The predicted molar refractivity (Wildman–Crippen MR) is 67.3 cm³/mol. The summed E-state index contributed by atoms with van der Waals surface area (Å²) in [5.41, 5.74) is 5.64. The maximum Gasteiger partial charge on any atom is 0.475 e. The van der Waals surface area contributed by atoms with Gasteiger partial charge in [-0.25, -0.2) is 0 Å². The lowest BCUT2D eigenvalue weighted by atomic mass is 10.3. The highest BCUT2D eigenvalue weighted by atomic mass is 16.6. The number of nitrogens with one attached hydrogen (secondary N) is 1. The zero-order chi connectivity index (χ0) is 14.7. The van der Waals surface area contributed by atoms with Crippen molar-refractivity contribution in [1.29, 1.82) is 0 Å². The van der Waals surface area contributed by atoms with Crippen LogP contribution < -0.4 is 11.1 Å². The number of aromatic nitrogens is 3. The molecule has 0 fully saturated rings. The Morgan fingerprint density at radius 3 is 2.20 bits per heavy atom. The molecule has 20 heavy (non-hydrogen) atoms. The van der Waals surface area contributed by atoms with Gasteiger partial charge in [-0.3, -0.25) is 10.1 Å². The minimum atomic E-state index is -0.806. The van der Waals surface area contributed by atoms with Crippen molar-refractivity contribution >= 4 is 29.2 Å². The van der Waals surface area contributed by atoms with Crippen molar-refractivity contribution in [3.8, 4) is 0 Å². The Morgan fingerprint density at radius 2 is 1.65 bits per heavy atom. The summed E-state index contributed by atoms with van der Waals surface area (Å²) in [5.74, 6) is -1.13. The second kappa shape index (κ2) is 5.09. The Kier molecular flexibility index (Phi) is 3.33. The van der Waals surface area contributed by atoms with Crippen molar-refractivity contribution in [2.24, 2.45) is 0 Å². The predicted octanol–water partition coefficient (Wildman–Crippen LogP) is 1.01. The standard InChI is InChI=1S/C9H7N7O4/c10-7-12-8(14-9(13-7)16(19)20)11-5-1-3-6(4-2-5)15(17)18/h1-4H,(H3,10,11,12,13,14). The van der Waals surface area contributed by atoms with E-state index in [4.69, 9.17) is 5.73 Å². The number of nitro groups is 2. The number of nitro benzene ring substituents is 1. The molecule has 11 nitrogen and oxygen atoms in total. The van der Waals surface area contributed by atoms with E-state index in [-0.39, 0.29) is 17.6 Å².